The molecule has 0 bridgehead atoms. The lowest BCUT2D eigenvalue weighted by atomic mass is 10.1. The summed E-state index contributed by atoms with van der Waals surface area (Å²) in [6.07, 6.45) is 0.868. The van der Waals surface area contributed by atoms with Gasteiger partial charge in [0.05, 0.1) is 12.8 Å². The van der Waals surface area contributed by atoms with E-state index in [1.807, 2.05) is 24.3 Å². The van der Waals surface area contributed by atoms with E-state index in [1.165, 1.54) is 0 Å². The van der Waals surface area contributed by atoms with Gasteiger partial charge in [0, 0.05) is 6.42 Å². The monoisotopic (exact) mass is 326 g/mol. The van der Waals surface area contributed by atoms with Gasteiger partial charge in [-0.05, 0) is 30.2 Å². The SMILES string of the molecule is COc1ccccc1CCC(=O)Nc1cccc2c1NC(=O)CO2. The summed E-state index contributed by atoms with van der Waals surface area (Å²) < 4.78 is 10.6. The molecule has 2 aromatic carbocycles. The summed E-state index contributed by atoms with van der Waals surface area (Å²) in [6, 6.07) is 12.9. The van der Waals surface area contributed by atoms with E-state index in [1.54, 1.807) is 25.3 Å². The molecule has 124 valence electrons. The molecule has 6 heteroatoms. The third-order valence-electron chi connectivity index (χ3n) is 3.74. The van der Waals surface area contributed by atoms with Crippen molar-refractivity contribution < 1.29 is 19.1 Å². The number of benzene rings is 2. The van der Waals surface area contributed by atoms with Gasteiger partial charge in [-0.3, -0.25) is 9.59 Å². The number of aryl methyl sites for hydroxylation is 1. The fourth-order valence-electron chi connectivity index (χ4n) is 2.57. The predicted octanol–water partition coefficient (Wildman–Crippen LogP) is 2.60. The first-order chi connectivity index (χ1) is 11.7. The minimum atomic E-state index is -0.238. The Hall–Kier alpha value is -3.02. The lowest BCUT2D eigenvalue weighted by molar-refractivity contribution is -0.119. The van der Waals surface area contributed by atoms with Crippen LogP contribution >= 0.6 is 0 Å². The molecule has 2 N–H and O–H groups in total. The molecule has 6 nitrogen and oxygen atoms in total. The average Bonchev–Trinajstić information content (AvgIpc) is 2.60. The molecular formula is C18H18N2O4. The Kier molecular flexibility index (Phi) is 4.65. The Balaban J connectivity index is 1.67. The van der Waals surface area contributed by atoms with Crippen LogP contribution in [-0.2, 0) is 16.0 Å². The number of rotatable bonds is 5. The zero-order valence-electron chi connectivity index (χ0n) is 13.3. The largest absolute Gasteiger partial charge is 0.496 e. The zero-order valence-corrected chi connectivity index (χ0v) is 13.3. The number of ether oxygens (including phenoxy) is 2. The number of methoxy groups -OCH3 is 1. The second-order valence-corrected chi connectivity index (χ2v) is 5.38. The molecule has 1 heterocycles. The number of anilines is 2. The van der Waals surface area contributed by atoms with Crippen molar-refractivity contribution in [1.82, 2.24) is 0 Å². The van der Waals surface area contributed by atoms with Crippen molar-refractivity contribution in [2.24, 2.45) is 0 Å². The maximum absolute atomic E-state index is 12.2. The summed E-state index contributed by atoms with van der Waals surface area (Å²) in [5.41, 5.74) is 2.01. The van der Waals surface area contributed by atoms with Crippen LogP contribution in [0.2, 0.25) is 0 Å². The van der Waals surface area contributed by atoms with Crippen molar-refractivity contribution in [1.29, 1.82) is 0 Å². The summed E-state index contributed by atoms with van der Waals surface area (Å²) in [7, 11) is 1.61. The minimum absolute atomic E-state index is 0.0157. The highest BCUT2D eigenvalue weighted by atomic mass is 16.5. The molecule has 0 aromatic heterocycles. The summed E-state index contributed by atoms with van der Waals surface area (Å²) in [5.74, 6) is 0.938. The third-order valence-corrected chi connectivity index (χ3v) is 3.74. The lowest BCUT2D eigenvalue weighted by Crippen LogP contribution is -2.26. The number of fused-ring (bicyclic) bond motifs is 1. The molecule has 0 saturated heterocycles. The van der Waals surface area contributed by atoms with Crippen molar-refractivity contribution in [2.75, 3.05) is 24.4 Å². The molecule has 0 radical (unpaired) electrons. The summed E-state index contributed by atoms with van der Waals surface area (Å²) in [5, 5.41) is 5.55. The molecule has 0 unspecified atom stereocenters. The van der Waals surface area contributed by atoms with Crippen LogP contribution in [0.5, 0.6) is 11.5 Å². The lowest BCUT2D eigenvalue weighted by Gasteiger charge is -2.20. The van der Waals surface area contributed by atoms with E-state index in [0.29, 0.717) is 30.0 Å². The van der Waals surface area contributed by atoms with Crippen molar-refractivity contribution in [3.8, 4) is 11.5 Å². The second kappa shape index (κ2) is 7.04. The Morgan fingerprint density at radius 3 is 2.92 bits per heavy atom. The Morgan fingerprint density at radius 2 is 2.08 bits per heavy atom. The summed E-state index contributed by atoms with van der Waals surface area (Å²) in [4.78, 5) is 23.7. The molecule has 0 spiro atoms. The molecule has 0 aliphatic carbocycles. The number of carbonyl (C=O) groups excluding carboxylic acids is 2. The molecule has 0 fully saturated rings. The molecule has 24 heavy (non-hydrogen) atoms. The molecule has 2 aromatic rings. The van der Waals surface area contributed by atoms with Crippen LogP contribution < -0.4 is 20.1 Å². The van der Waals surface area contributed by atoms with E-state index in [0.717, 1.165) is 11.3 Å². The molecule has 0 saturated carbocycles. The molecule has 1 aliphatic rings. The summed E-state index contributed by atoms with van der Waals surface area (Å²) >= 11 is 0. The van der Waals surface area contributed by atoms with E-state index < -0.39 is 0 Å². The normalized spacial score (nSPS) is 12.6. The van der Waals surface area contributed by atoms with E-state index >= 15 is 0 Å². The Bertz CT molecular complexity index is 773. The highest BCUT2D eigenvalue weighted by molar-refractivity contribution is 6.03. The van der Waals surface area contributed by atoms with Crippen LogP contribution in [0.15, 0.2) is 42.5 Å². The van der Waals surface area contributed by atoms with E-state index in [-0.39, 0.29) is 18.4 Å². The number of nitrogens with one attached hydrogen (secondary N) is 2. The zero-order chi connectivity index (χ0) is 16.9. The summed E-state index contributed by atoms with van der Waals surface area (Å²) in [6.45, 7) is -0.0157. The topological polar surface area (TPSA) is 76.7 Å². The standard InChI is InChI=1S/C18H18N2O4/c1-23-14-7-3-2-5-12(14)9-10-16(21)19-13-6-4-8-15-18(13)20-17(22)11-24-15/h2-8H,9-11H2,1H3,(H,19,21)(H,20,22). The van der Waals surface area contributed by atoms with Gasteiger partial charge in [0.1, 0.15) is 17.2 Å². The maximum Gasteiger partial charge on any atom is 0.262 e. The number of carbonyl (C=O) groups is 2. The first-order valence-electron chi connectivity index (χ1n) is 7.65. The van der Waals surface area contributed by atoms with E-state index in [2.05, 4.69) is 10.6 Å². The number of para-hydroxylation sites is 2. The van der Waals surface area contributed by atoms with Crippen molar-refractivity contribution in [2.45, 2.75) is 12.8 Å². The highest BCUT2D eigenvalue weighted by Gasteiger charge is 2.19. The first kappa shape index (κ1) is 15.9. The number of hydrogen-bond acceptors (Lipinski definition) is 4. The Labute approximate surface area is 139 Å². The molecule has 3 rings (SSSR count). The van der Waals surface area contributed by atoms with Gasteiger partial charge in [0.25, 0.3) is 5.91 Å². The van der Waals surface area contributed by atoms with Crippen LogP contribution in [0, 0.1) is 0 Å². The highest BCUT2D eigenvalue weighted by Crippen LogP contribution is 2.34. The molecule has 2 amide bonds. The van der Waals surface area contributed by atoms with Gasteiger partial charge in [-0.2, -0.15) is 0 Å². The van der Waals surface area contributed by atoms with Gasteiger partial charge in [0.15, 0.2) is 6.61 Å². The number of hydrogen-bond donors (Lipinski definition) is 2. The Morgan fingerprint density at radius 1 is 1.25 bits per heavy atom. The molecular weight excluding hydrogens is 308 g/mol. The van der Waals surface area contributed by atoms with Crippen molar-refractivity contribution in [3.05, 3.63) is 48.0 Å². The molecule has 0 atom stereocenters. The van der Waals surface area contributed by atoms with Gasteiger partial charge in [-0.15, -0.1) is 0 Å². The predicted molar refractivity (Wildman–Crippen MR) is 90.5 cm³/mol. The van der Waals surface area contributed by atoms with Crippen LogP contribution in [0.3, 0.4) is 0 Å². The fraction of sp³-hybridized carbons (Fsp3) is 0.222. The van der Waals surface area contributed by atoms with Crippen LogP contribution in [0.1, 0.15) is 12.0 Å². The molecule has 1 aliphatic heterocycles. The maximum atomic E-state index is 12.2. The van der Waals surface area contributed by atoms with Crippen LogP contribution in [0.4, 0.5) is 11.4 Å². The second-order valence-electron chi connectivity index (χ2n) is 5.38. The number of amides is 2. The average molecular weight is 326 g/mol. The quantitative estimate of drug-likeness (QED) is 0.885. The van der Waals surface area contributed by atoms with E-state index in [4.69, 9.17) is 9.47 Å². The van der Waals surface area contributed by atoms with Gasteiger partial charge in [-0.25, -0.2) is 0 Å². The van der Waals surface area contributed by atoms with Crippen LogP contribution in [0.25, 0.3) is 0 Å². The fourth-order valence-corrected chi connectivity index (χ4v) is 2.57. The van der Waals surface area contributed by atoms with Crippen molar-refractivity contribution >= 4 is 23.2 Å². The minimum Gasteiger partial charge on any atom is -0.496 e. The van der Waals surface area contributed by atoms with Crippen LogP contribution in [-0.4, -0.2) is 25.5 Å². The smallest absolute Gasteiger partial charge is 0.262 e. The third kappa shape index (κ3) is 3.48. The van der Waals surface area contributed by atoms with Gasteiger partial charge >= 0.3 is 0 Å². The van der Waals surface area contributed by atoms with Gasteiger partial charge in [0.2, 0.25) is 5.91 Å². The van der Waals surface area contributed by atoms with Gasteiger partial charge < -0.3 is 20.1 Å². The first-order valence-corrected chi connectivity index (χ1v) is 7.65. The van der Waals surface area contributed by atoms with Gasteiger partial charge in [-0.1, -0.05) is 24.3 Å². The van der Waals surface area contributed by atoms with E-state index in [9.17, 15) is 9.59 Å². The van der Waals surface area contributed by atoms with Crippen molar-refractivity contribution in [3.63, 3.8) is 0 Å².